The van der Waals surface area contributed by atoms with E-state index in [-0.39, 0.29) is 22.7 Å². The van der Waals surface area contributed by atoms with Crippen molar-refractivity contribution in [2.24, 2.45) is 11.3 Å². The summed E-state index contributed by atoms with van der Waals surface area (Å²) >= 11 is 0. The third kappa shape index (κ3) is 6.11. The van der Waals surface area contributed by atoms with Gasteiger partial charge < -0.3 is 4.74 Å². The maximum atomic E-state index is 14.3. The number of hydrogen-bond donors (Lipinski definition) is 0. The van der Waals surface area contributed by atoms with Crippen molar-refractivity contribution in [2.75, 3.05) is 30.1 Å². The van der Waals surface area contributed by atoms with Gasteiger partial charge in [0.15, 0.2) is 0 Å². The molecule has 8 rings (SSSR count). The molecule has 1 amide bonds. The summed E-state index contributed by atoms with van der Waals surface area (Å²) in [5.41, 5.74) is 5.14. The van der Waals surface area contributed by atoms with E-state index in [4.69, 9.17) is 14.8 Å². The molecule has 1 aromatic carbocycles. The minimum Gasteiger partial charge on any atom is -0.496 e. The van der Waals surface area contributed by atoms with Crippen molar-refractivity contribution in [3.05, 3.63) is 60.0 Å². The average Bonchev–Trinajstić information content (AvgIpc) is 3.59. The van der Waals surface area contributed by atoms with Crippen LogP contribution in [-0.2, 0) is 21.0 Å². The predicted molar refractivity (Wildman–Crippen MR) is 180 cm³/mol. The van der Waals surface area contributed by atoms with Crippen LogP contribution in [0.3, 0.4) is 0 Å². The molecule has 4 saturated carbocycles. The highest BCUT2D eigenvalue weighted by Crippen LogP contribution is 2.58. The molecule has 0 spiro atoms. The number of benzene rings is 1. The second-order valence-electron chi connectivity index (χ2n) is 14.4. The molecule has 3 aromatic rings. The molecule has 7 nitrogen and oxygen atoms in total. The van der Waals surface area contributed by atoms with Gasteiger partial charge >= 0.3 is 0 Å². The summed E-state index contributed by atoms with van der Waals surface area (Å²) in [7, 11) is 1.06. The van der Waals surface area contributed by atoms with Crippen LogP contribution in [0, 0.1) is 18.3 Å². The fraction of sp³-hybridized carbons (Fsp3) is 0.595. The van der Waals surface area contributed by atoms with Crippen LogP contribution >= 0.6 is 0 Å². The number of ether oxygens (including phenoxy) is 1. The third-order valence-electron chi connectivity index (χ3n) is 11.8. The Balaban J connectivity index is 1.13. The molecule has 1 saturated heterocycles. The average molecular weight is 629 g/mol. The summed E-state index contributed by atoms with van der Waals surface area (Å²) < 4.78 is 19.5. The van der Waals surface area contributed by atoms with Crippen molar-refractivity contribution in [3.63, 3.8) is 0 Å². The van der Waals surface area contributed by atoms with Gasteiger partial charge in [0, 0.05) is 52.7 Å². The van der Waals surface area contributed by atoms with Crippen molar-refractivity contribution in [2.45, 2.75) is 102 Å². The number of rotatable bonds is 8. The topological polar surface area (TPSA) is 77.3 Å². The molecule has 1 aliphatic heterocycles. The fourth-order valence-electron chi connectivity index (χ4n) is 8.80. The molecular formula is C37H48N4O3S. The lowest BCUT2D eigenvalue weighted by atomic mass is 9.51. The minimum atomic E-state index is -0.690. The maximum absolute atomic E-state index is 14.3. The zero-order valence-electron chi connectivity index (χ0n) is 27.0. The molecule has 0 unspecified atom stereocenters. The highest BCUT2D eigenvalue weighted by Gasteiger charge is 2.50. The number of methoxy groups -OCH3 is 1. The van der Waals surface area contributed by atoms with Crippen LogP contribution in [0.4, 0.5) is 5.82 Å². The van der Waals surface area contributed by atoms with Gasteiger partial charge in [0.1, 0.15) is 11.6 Å². The van der Waals surface area contributed by atoms with Gasteiger partial charge in [-0.05, 0) is 117 Å². The first-order valence-corrected chi connectivity index (χ1v) is 18.7. The van der Waals surface area contributed by atoms with Crippen LogP contribution in [0.2, 0.25) is 0 Å². The number of pyridine rings is 1. The lowest BCUT2D eigenvalue weighted by Crippen LogP contribution is -2.51. The Labute approximate surface area is 270 Å². The minimum absolute atomic E-state index is 0.0914. The number of fused-ring (bicyclic) bond motifs is 3. The summed E-state index contributed by atoms with van der Waals surface area (Å²) in [4.78, 5) is 21.3. The number of aromatic nitrogens is 3. The van der Waals surface area contributed by atoms with E-state index in [9.17, 15) is 9.00 Å². The van der Waals surface area contributed by atoms with E-state index in [1.165, 1.54) is 36.8 Å². The second kappa shape index (κ2) is 12.7. The molecule has 240 valence electrons. The Hall–Kier alpha value is -3.00. The summed E-state index contributed by atoms with van der Waals surface area (Å²) in [6.07, 6.45) is 20.2. The van der Waals surface area contributed by atoms with Gasteiger partial charge in [-0.3, -0.25) is 18.6 Å². The molecule has 5 aliphatic rings. The van der Waals surface area contributed by atoms with Crippen LogP contribution in [0.1, 0.15) is 101 Å². The van der Waals surface area contributed by atoms with Gasteiger partial charge in [-0.25, -0.2) is 4.98 Å². The normalized spacial score (nSPS) is 28.6. The summed E-state index contributed by atoms with van der Waals surface area (Å²) in [6.45, 7) is 2.91. The number of hydrogen-bond acceptors (Lipinski definition) is 5. The Morgan fingerprint density at radius 2 is 1.71 bits per heavy atom. The molecular weight excluding hydrogens is 580 g/mol. The Kier molecular flexibility index (Phi) is 8.62. The van der Waals surface area contributed by atoms with Gasteiger partial charge in [0.25, 0.3) is 0 Å². The predicted octanol–water partition coefficient (Wildman–Crippen LogP) is 7.55. The highest BCUT2D eigenvalue weighted by atomic mass is 32.2. The van der Waals surface area contributed by atoms with E-state index >= 15 is 0 Å². The number of aryl methyl sites for hydroxylation is 1. The lowest BCUT2D eigenvalue weighted by molar-refractivity contribution is -0.124. The molecule has 2 aromatic heterocycles. The number of nitrogens with zero attached hydrogens (tertiary/aromatic N) is 4. The van der Waals surface area contributed by atoms with Crippen LogP contribution in [0.15, 0.2) is 48.9 Å². The van der Waals surface area contributed by atoms with Crippen LogP contribution in [0.25, 0.3) is 11.1 Å². The Morgan fingerprint density at radius 1 is 0.978 bits per heavy atom. The summed E-state index contributed by atoms with van der Waals surface area (Å²) in [5.74, 6) is 3.61. The van der Waals surface area contributed by atoms with E-state index in [2.05, 4.69) is 47.0 Å². The second-order valence-corrected chi connectivity index (χ2v) is 16.1. The standard InChI is InChI=1S/C37H48N4O3S/c1-27-22-31(8-9-33(27)44-2)37-16-13-36(14-17-37,15-18-37)26-40(35(42)28-6-4-3-5-7-28)34-23-29(10-19-38-34)30-24-39-41(25-30)32-11-20-45(43)21-12-32/h8-10,19,22-25,28,32H,3-7,11-18,20-21,26H2,1-2H3. The summed E-state index contributed by atoms with van der Waals surface area (Å²) in [6, 6.07) is 11.2. The van der Waals surface area contributed by atoms with E-state index in [1.807, 2.05) is 18.5 Å². The largest absolute Gasteiger partial charge is 0.496 e. The molecule has 8 heteroatoms. The first-order chi connectivity index (χ1) is 21.9. The van der Waals surface area contributed by atoms with E-state index in [1.54, 1.807) is 7.11 Å². The first kappa shape index (κ1) is 30.6. The molecule has 0 radical (unpaired) electrons. The van der Waals surface area contributed by atoms with E-state index in [0.29, 0.717) is 6.04 Å². The van der Waals surface area contributed by atoms with E-state index in [0.717, 1.165) is 98.5 Å². The van der Waals surface area contributed by atoms with Gasteiger partial charge in [-0.1, -0.05) is 31.4 Å². The number of anilines is 1. The number of carbonyl (C=O) groups is 1. The van der Waals surface area contributed by atoms with Crippen molar-refractivity contribution >= 4 is 22.5 Å². The number of amides is 1. The van der Waals surface area contributed by atoms with Crippen LogP contribution in [-0.4, -0.2) is 50.0 Å². The highest BCUT2D eigenvalue weighted by molar-refractivity contribution is 7.85. The number of carbonyl (C=O) groups excluding carboxylic acids is 1. The third-order valence-corrected chi connectivity index (χ3v) is 13.2. The van der Waals surface area contributed by atoms with Crippen LogP contribution in [0.5, 0.6) is 5.75 Å². The van der Waals surface area contributed by atoms with E-state index < -0.39 is 10.8 Å². The van der Waals surface area contributed by atoms with Gasteiger partial charge in [-0.2, -0.15) is 5.10 Å². The fourth-order valence-corrected chi connectivity index (χ4v) is 10.1. The zero-order chi connectivity index (χ0) is 31.0. The molecule has 5 fully saturated rings. The first-order valence-electron chi connectivity index (χ1n) is 17.2. The molecule has 2 bridgehead atoms. The van der Waals surface area contributed by atoms with Gasteiger partial charge in [0.05, 0.1) is 19.3 Å². The van der Waals surface area contributed by atoms with Crippen molar-refractivity contribution in [1.82, 2.24) is 14.8 Å². The van der Waals surface area contributed by atoms with Crippen molar-refractivity contribution in [1.29, 1.82) is 0 Å². The quantitative estimate of drug-likeness (QED) is 0.257. The molecule has 45 heavy (non-hydrogen) atoms. The van der Waals surface area contributed by atoms with Crippen molar-refractivity contribution in [3.8, 4) is 16.9 Å². The molecule has 0 atom stereocenters. The van der Waals surface area contributed by atoms with Gasteiger partial charge in [-0.15, -0.1) is 0 Å². The lowest BCUT2D eigenvalue weighted by Gasteiger charge is -2.55. The van der Waals surface area contributed by atoms with Crippen LogP contribution < -0.4 is 9.64 Å². The monoisotopic (exact) mass is 628 g/mol. The van der Waals surface area contributed by atoms with Crippen molar-refractivity contribution < 1.29 is 13.7 Å². The Bertz CT molecular complexity index is 1530. The smallest absolute Gasteiger partial charge is 0.231 e. The maximum Gasteiger partial charge on any atom is 0.231 e. The zero-order valence-corrected chi connectivity index (χ0v) is 27.8. The van der Waals surface area contributed by atoms with Gasteiger partial charge in [0.2, 0.25) is 5.91 Å². The molecule has 4 aliphatic carbocycles. The summed E-state index contributed by atoms with van der Waals surface area (Å²) in [5, 5.41) is 4.70. The molecule has 0 N–H and O–H groups in total. The molecule has 3 heterocycles. The SMILES string of the molecule is COc1ccc(C23CCC(CN(C(=O)C4CCCCC4)c4cc(-c5cnn(C6CCS(=O)CC6)c5)ccn4)(CC2)CC3)cc1C. The Morgan fingerprint density at radius 3 is 2.40 bits per heavy atom.